The van der Waals surface area contributed by atoms with Gasteiger partial charge in [-0.2, -0.15) is 4.99 Å². The summed E-state index contributed by atoms with van der Waals surface area (Å²) in [5, 5.41) is 3.65. The lowest BCUT2D eigenvalue weighted by atomic mass is 10.00. The van der Waals surface area contributed by atoms with Crippen molar-refractivity contribution < 1.29 is 17.9 Å². The van der Waals surface area contributed by atoms with Gasteiger partial charge in [0.25, 0.3) is 0 Å². The maximum Gasteiger partial charge on any atom is 0.435 e. The molecule has 1 N–H and O–H groups in total. The number of ether oxygens (including phenoxy) is 1. The van der Waals surface area contributed by atoms with E-state index in [1.54, 1.807) is 33.8 Å². The second-order valence-corrected chi connectivity index (χ2v) is 12.4. The predicted molar refractivity (Wildman–Crippen MR) is 106 cm³/mol. The molecule has 146 valence electrons. The van der Waals surface area contributed by atoms with Gasteiger partial charge in [0.15, 0.2) is 9.84 Å². The monoisotopic (exact) mass is 420 g/mol. The number of thiophene rings is 1. The zero-order chi connectivity index (χ0) is 20.1. The van der Waals surface area contributed by atoms with Crippen LogP contribution in [0.5, 0.6) is 0 Å². The van der Waals surface area contributed by atoms with E-state index in [4.69, 9.17) is 16.3 Å². The Morgan fingerprint density at radius 2 is 1.92 bits per heavy atom. The van der Waals surface area contributed by atoms with Gasteiger partial charge in [0.2, 0.25) is 0 Å². The van der Waals surface area contributed by atoms with Crippen LogP contribution >= 0.6 is 22.9 Å². The van der Waals surface area contributed by atoms with Crippen LogP contribution < -0.4 is 5.32 Å². The second-order valence-electron chi connectivity index (χ2n) is 8.20. The third-order valence-electron chi connectivity index (χ3n) is 4.13. The highest BCUT2D eigenvalue weighted by Crippen LogP contribution is 2.41. The standard InChI is InChI=1S/C17H25ClN2O4S2/c1-10-8-11(18)12(25-10)17(7)9-26(22,23)16(5,6)13(20-17)19-14(21)24-15(2,3)4/h8H,9H2,1-7H3,(H,19,20,21)/t17-/m0/s1. The first kappa shape index (κ1) is 21.2. The van der Waals surface area contributed by atoms with Gasteiger partial charge in [-0.15, -0.1) is 11.3 Å². The van der Waals surface area contributed by atoms with Gasteiger partial charge >= 0.3 is 6.09 Å². The number of nitrogens with zero attached hydrogens (tertiary/aromatic N) is 1. The van der Waals surface area contributed by atoms with E-state index in [0.29, 0.717) is 9.90 Å². The molecule has 0 radical (unpaired) electrons. The van der Waals surface area contributed by atoms with Crippen molar-refractivity contribution in [1.29, 1.82) is 0 Å². The van der Waals surface area contributed by atoms with Gasteiger partial charge in [-0.25, -0.2) is 13.2 Å². The van der Waals surface area contributed by atoms with Crippen LogP contribution in [-0.4, -0.2) is 36.4 Å². The summed E-state index contributed by atoms with van der Waals surface area (Å²) in [5.74, 6) is -0.0948. The number of amides is 1. The lowest BCUT2D eigenvalue weighted by Gasteiger charge is -2.43. The molecule has 1 fully saturated rings. The SMILES string of the molecule is Cc1cc(Cl)c([C@]2(C)CS(=O)(=O)C(C)(C)/C(=N/C(=O)OC(C)(C)C)N2)s1. The van der Waals surface area contributed by atoms with Crippen molar-refractivity contribution in [2.75, 3.05) is 5.75 Å². The molecule has 1 aromatic rings. The minimum atomic E-state index is -3.62. The first-order chi connectivity index (χ1) is 11.6. The number of sulfone groups is 1. The molecule has 0 bridgehead atoms. The Labute approximate surface area is 163 Å². The summed E-state index contributed by atoms with van der Waals surface area (Å²) in [6.45, 7) is 11.9. The average Bonchev–Trinajstić information content (AvgIpc) is 2.73. The third-order valence-corrected chi connectivity index (χ3v) is 8.56. The molecule has 0 unspecified atom stereocenters. The number of amidine groups is 1. The van der Waals surface area contributed by atoms with Gasteiger partial charge in [-0.05, 0) is 54.5 Å². The molecule has 1 aliphatic rings. The van der Waals surface area contributed by atoms with Crippen LogP contribution in [-0.2, 0) is 20.1 Å². The van der Waals surface area contributed by atoms with Gasteiger partial charge < -0.3 is 10.1 Å². The van der Waals surface area contributed by atoms with E-state index in [9.17, 15) is 13.2 Å². The molecule has 0 saturated carbocycles. The van der Waals surface area contributed by atoms with E-state index in [2.05, 4.69) is 10.3 Å². The Morgan fingerprint density at radius 3 is 2.38 bits per heavy atom. The third kappa shape index (κ3) is 4.07. The fraction of sp³-hybridized carbons (Fsp3) is 0.647. The summed E-state index contributed by atoms with van der Waals surface area (Å²) >= 11 is 7.74. The quantitative estimate of drug-likeness (QED) is 0.740. The van der Waals surface area contributed by atoms with Gasteiger partial charge in [0, 0.05) is 9.75 Å². The van der Waals surface area contributed by atoms with Crippen molar-refractivity contribution in [2.45, 2.75) is 64.4 Å². The summed E-state index contributed by atoms with van der Waals surface area (Å²) in [6.07, 6.45) is -0.832. The molecular formula is C17H25ClN2O4S2. The number of nitrogens with one attached hydrogen (secondary N) is 1. The maximum absolute atomic E-state index is 13.0. The summed E-state index contributed by atoms with van der Waals surface area (Å²) in [4.78, 5) is 17.8. The minimum Gasteiger partial charge on any atom is -0.442 e. The molecular weight excluding hydrogens is 396 g/mol. The van der Waals surface area contributed by atoms with Crippen molar-refractivity contribution >= 4 is 44.7 Å². The summed E-state index contributed by atoms with van der Waals surface area (Å²) in [7, 11) is -3.62. The highest BCUT2D eigenvalue weighted by molar-refractivity contribution is 7.93. The smallest absolute Gasteiger partial charge is 0.435 e. The van der Waals surface area contributed by atoms with E-state index in [-0.39, 0.29) is 11.6 Å². The summed E-state index contributed by atoms with van der Waals surface area (Å²) in [6, 6.07) is 1.80. The molecule has 0 aliphatic carbocycles. The molecule has 1 atom stereocenters. The van der Waals surface area contributed by atoms with Crippen molar-refractivity contribution in [1.82, 2.24) is 5.32 Å². The number of aryl methyl sites for hydroxylation is 1. The zero-order valence-corrected chi connectivity index (χ0v) is 18.4. The van der Waals surface area contributed by atoms with Crippen LogP contribution in [0, 0.1) is 6.92 Å². The Kier molecular flexibility index (Phi) is 5.29. The molecule has 0 aromatic carbocycles. The molecule has 1 saturated heterocycles. The number of rotatable bonds is 1. The summed E-state index contributed by atoms with van der Waals surface area (Å²) in [5.41, 5.74) is -1.71. The Bertz CT molecular complexity index is 866. The first-order valence-electron chi connectivity index (χ1n) is 8.16. The van der Waals surface area contributed by atoms with Crippen molar-refractivity contribution in [2.24, 2.45) is 4.99 Å². The average molecular weight is 421 g/mol. The van der Waals surface area contributed by atoms with E-state index >= 15 is 0 Å². The van der Waals surface area contributed by atoms with E-state index < -0.39 is 31.8 Å². The van der Waals surface area contributed by atoms with Gasteiger partial charge in [0.05, 0.1) is 16.3 Å². The lowest BCUT2D eigenvalue weighted by molar-refractivity contribution is 0.0602. The number of halogens is 1. The van der Waals surface area contributed by atoms with Crippen LogP contribution in [0.2, 0.25) is 5.02 Å². The van der Waals surface area contributed by atoms with E-state index in [0.717, 1.165) is 4.88 Å². The van der Waals surface area contributed by atoms with Crippen LogP contribution in [0.15, 0.2) is 11.1 Å². The molecule has 1 amide bonds. The Balaban J connectivity index is 2.53. The molecule has 9 heteroatoms. The number of hydrogen-bond donors (Lipinski definition) is 1. The topological polar surface area (TPSA) is 84.8 Å². The van der Waals surface area contributed by atoms with Crippen LogP contribution in [0.3, 0.4) is 0 Å². The van der Waals surface area contributed by atoms with Gasteiger partial charge in [-0.3, -0.25) is 0 Å². The predicted octanol–water partition coefficient (Wildman–Crippen LogP) is 4.06. The highest BCUT2D eigenvalue weighted by Gasteiger charge is 2.52. The number of hydrogen-bond acceptors (Lipinski definition) is 5. The summed E-state index contributed by atoms with van der Waals surface area (Å²) < 4.78 is 29.8. The minimum absolute atomic E-state index is 0.0580. The van der Waals surface area contributed by atoms with Gasteiger partial charge in [-0.1, -0.05) is 11.6 Å². The molecule has 2 heterocycles. The number of carbonyl (C=O) groups excluding carboxylic acids is 1. The fourth-order valence-corrected chi connectivity index (χ4v) is 6.05. The normalized spacial score (nSPS) is 26.4. The van der Waals surface area contributed by atoms with E-state index in [1.165, 1.54) is 25.2 Å². The van der Waals surface area contributed by atoms with Gasteiger partial charge in [0.1, 0.15) is 16.2 Å². The highest BCUT2D eigenvalue weighted by atomic mass is 35.5. The van der Waals surface area contributed by atoms with Crippen molar-refractivity contribution in [3.05, 3.63) is 20.8 Å². The van der Waals surface area contributed by atoms with E-state index in [1.807, 2.05) is 6.92 Å². The van der Waals surface area contributed by atoms with Crippen molar-refractivity contribution in [3.8, 4) is 0 Å². The van der Waals surface area contributed by atoms with Crippen LogP contribution in [0.1, 0.15) is 51.3 Å². The maximum atomic E-state index is 13.0. The number of aliphatic imine (C=N–C) groups is 1. The Hall–Kier alpha value is -1.12. The fourth-order valence-electron chi connectivity index (χ4n) is 2.68. The van der Waals surface area contributed by atoms with Crippen LogP contribution in [0.4, 0.5) is 4.79 Å². The Morgan fingerprint density at radius 1 is 1.35 bits per heavy atom. The van der Waals surface area contributed by atoms with Crippen LogP contribution in [0.25, 0.3) is 0 Å². The number of carbonyl (C=O) groups is 1. The second kappa shape index (κ2) is 6.49. The molecule has 2 rings (SSSR count). The van der Waals surface area contributed by atoms with Crippen molar-refractivity contribution in [3.63, 3.8) is 0 Å². The molecule has 0 spiro atoms. The molecule has 6 nitrogen and oxygen atoms in total. The largest absolute Gasteiger partial charge is 0.442 e. The molecule has 26 heavy (non-hydrogen) atoms. The first-order valence-corrected chi connectivity index (χ1v) is 11.0. The lowest BCUT2D eigenvalue weighted by Crippen LogP contribution is -2.64. The molecule has 1 aliphatic heterocycles. The zero-order valence-electron chi connectivity index (χ0n) is 16.1. The molecule has 1 aromatic heterocycles.